The topological polar surface area (TPSA) is 78.9 Å². The predicted octanol–water partition coefficient (Wildman–Crippen LogP) is 1.45. The van der Waals surface area contributed by atoms with Gasteiger partial charge >= 0.3 is 12.0 Å². The highest BCUT2D eigenvalue weighted by molar-refractivity contribution is 5.86. The Kier molecular flexibility index (Phi) is 4.79. The van der Waals surface area contributed by atoms with E-state index >= 15 is 0 Å². The van der Waals surface area contributed by atoms with Gasteiger partial charge in [-0.15, -0.1) is 0 Å². The van der Waals surface area contributed by atoms with Crippen LogP contribution in [0.3, 0.4) is 0 Å². The number of urea groups is 1. The third-order valence-electron chi connectivity index (χ3n) is 3.55. The highest BCUT2D eigenvalue weighted by Gasteiger charge is 2.46. The predicted molar refractivity (Wildman–Crippen MR) is 71.1 cm³/mol. The van der Waals surface area contributed by atoms with Gasteiger partial charge in [0.1, 0.15) is 5.54 Å². The molecule has 0 radical (unpaired) electrons. The summed E-state index contributed by atoms with van der Waals surface area (Å²) in [6, 6.07) is -0.338. The fourth-order valence-corrected chi connectivity index (χ4v) is 2.34. The lowest BCUT2D eigenvalue weighted by Gasteiger charge is -2.33. The Hall–Kier alpha value is -1.30. The highest BCUT2D eigenvalue weighted by atomic mass is 16.5. The Morgan fingerprint density at radius 2 is 2.11 bits per heavy atom. The number of ether oxygens (including phenoxy) is 1. The first-order valence-electron chi connectivity index (χ1n) is 6.66. The molecular formula is C13H24N2O4. The van der Waals surface area contributed by atoms with Crippen LogP contribution in [0.15, 0.2) is 0 Å². The maximum atomic E-state index is 12.1. The number of aliphatic carboxylic acids is 1. The summed E-state index contributed by atoms with van der Waals surface area (Å²) in [5, 5.41) is 12.0. The first-order valence-corrected chi connectivity index (χ1v) is 6.66. The fraction of sp³-hybridized carbons (Fsp3) is 0.846. The van der Waals surface area contributed by atoms with Gasteiger partial charge in [-0.3, -0.25) is 0 Å². The molecule has 1 saturated heterocycles. The number of likely N-dealkylation sites (tertiary alicyclic amines) is 1. The van der Waals surface area contributed by atoms with E-state index in [-0.39, 0.29) is 6.03 Å². The number of carbonyl (C=O) groups excluding carboxylic acids is 1. The highest BCUT2D eigenvalue weighted by Crippen LogP contribution is 2.29. The first-order chi connectivity index (χ1) is 8.73. The van der Waals surface area contributed by atoms with Gasteiger partial charge in [-0.1, -0.05) is 0 Å². The van der Waals surface area contributed by atoms with E-state index in [0.29, 0.717) is 32.5 Å². The lowest BCUT2D eigenvalue weighted by Crippen LogP contribution is -2.55. The number of rotatable bonds is 5. The third kappa shape index (κ3) is 3.59. The van der Waals surface area contributed by atoms with Gasteiger partial charge in [0.15, 0.2) is 0 Å². The molecule has 110 valence electrons. The minimum Gasteiger partial charge on any atom is -0.480 e. The summed E-state index contributed by atoms with van der Waals surface area (Å²) in [7, 11) is 0. The SMILES string of the molecule is CCOC(C)(C)CNC(=O)N1CCCC1(C)C(=O)O. The van der Waals surface area contributed by atoms with Crippen molar-refractivity contribution in [3.8, 4) is 0 Å². The molecule has 0 aliphatic carbocycles. The van der Waals surface area contributed by atoms with E-state index in [9.17, 15) is 14.7 Å². The first kappa shape index (κ1) is 15.8. The van der Waals surface area contributed by atoms with Crippen LogP contribution in [0, 0.1) is 0 Å². The quantitative estimate of drug-likeness (QED) is 0.794. The molecule has 1 atom stereocenters. The van der Waals surface area contributed by atoms with Crippen molar-refractivity contribution in [1.82, 2.24) is 10.2 Å². The fourth-order valence-electron chi connectivity index (χ4n) is 2.34. The Morgan fingerprint density at radius 1 is 1.47 bits per heavy atom. The lowest BCUT2D eigenvalue weighted by molar-refractivity contribution is -0.147. The van der Waals surface area contributed by atoms with E-state index in [1.807, 2.05) is 20.8 Å². The Bertz CT molecular complexity index is 357. The van der Waals surface area contributed by atoms with E-state index in [1.165, 1.54) is 4.90 Å². The molecule has 0 spiro atoms. The Balaban J connectivity index is 2.61. The summed E-state index contributed by atoms with van der Waals surface area (Å²) in [5.41, 5.74) is -1.55. The van der Waals surface area contributed by atoms with Crippen LogP contribution in [0.4, 0.5) is 4.79 Å². The molecule has 0 bridgehead atoms. The second-order valence-electron chi connectivity index (χ2n) is 5.69. The van der Waals surface area contributed by atoms with Crippen LogP contribution in [-0.4, -0.2) is 52.8 Å². The van der Waals surface area contributed by atoms with Crippen LogP contribution < -0.4 is 5.32 Å². The molecule has 1 fully saturated rings. The average molecular weight is 272 g/mol. The molecular weight excluding hydrogens is 248 g/mol. The maximum absolute atomic E-state index is 12.1. The Morgan fingerprint density at radius 3 is 2.63 bits per heavy atom. The monoisotopic (exact) mass is 272 g/mol. The van der Waals surface area contributed by atoms with Crippen molar-refractivity contribution in [1.29, 1.82) is 0 Å². The van der Waals surface area contributed by atoms with Gasteiger partial charge in [-0.05, 0) is 40.5 Å². The zero-order chi connectivity index (χ0) is 14.7. The number of hydrogen-bond acceptors (Lipinski definition) is 3. The van der Waals surface area contributed by atoms with Crippen molar-refractivity contribution < 1.29 is 19.4 Å². The number of carbonyl (C=O) groups is 2. The van der Waals surface area contributed by atoms with Gasteiger partial charge in [0, 0.05) is 19.7 Å². The van der Waals surface area contributed by atoms with Gasteiger partial charge < -0.3 is 20.1 Å². The van der Waals surface area contributed by atoms with Gasteiger partial charge in [0.2, 0.25) is 0 Å². The van der Waals surface area contributed by atoms with E-state index in [0.717, 1.165) is 0 Å². The normalized spacial score (nSPS) is 23.5. The number of nitrogens with zero attached hydrogens (tertiary/aromatic N) is 1. The van der Waals surface area contributed by atoms with E-state index < -0.39 is 17.1 Å². The molecule has 1 aliphatic heterocycles. The van der Waals surface area contributed by atoms with Gasteiger partial charge in [0.25, 0.3) is 0 Å². The number of carboxylic acid groups (broad SMARTS) is 1. The maximum Gasteiger partial charge on any atom is 0.329 e. The molecule has 0 saturated carbocycles. The molecule has 6 heteroatoms. The van der Waals surface area contributed by atoms with E-state index in [1.54, 1.807) is 6.92 Å². The average Bonchev–Trinajstić information content (AvgIpc) is 2.70. The van der Waals surface area contributed by atoms with Crippen molar-refractivity contribution in [3.63, 3.8) is 0 Å². The molecule has 0 aromatic rings. The number of nitrogens with one attached hydrogen (secondary N) is 1. The molecule has 0 aromatic heterocycles. The van der Waals surface area contributed by atoms with Crippen molar-refractivity contribution in [2.75, 3.05) is 19.7 Å². The summed E-state index contributed by atoms with van der Waals surface area (Å²) >= 11 is 0. The Labute approximate surface area is 114 Å². The van der Waals surface area contributed by atoms with Gasteiger partial charge in [0.05, 0.1) is 5.60 Å². The van der Waals surface area contributed by atoms with Gasteiger partial charge in [-0.2, -0.15) is 0 Å². The van der Waals surface area contributed by atoms with Crippen molar-refractivity contribution in [2.45, 2.75) is 51.7 Å². The van der Waals surface area contributed by atoms with Crippen LogP contribution in [0.2, 0.25) is 0 Å². The van der Waals surface area contributed by atoms with Crippen molar-refractivity contribution in [3.05, 3.63) is 0 Å². The van der Waals surface area contributed by atoms with Crippen LogP contribution in [0.5, 0.6) is 0 Å². The van der Waals surface area contributed by atoms with Crippen LogP contribution in [0.25, 0.3) is 0 Å². The molecule has 1 aliphatic rings. The minimum absolute atomic E-state index is 0.338. The van der Waals surface area contributed by atoms with E-state index in [2.05, 4.69) is 5.32 Å². The molecule has 6 nitrogen and oxygen atoms in total. The summed E-state index contributed by atoms with van der Waals surface area (Å²) < 4.78 is 5.49. The van der Waals surface area contributed by atoms with Crippen LogP contribution in [-0.2, 0) is 9.53 Å². The van der Waals surface area contributed by atoms with Crippen molar-refractivity contribution in [2.24, 2.45) is 0 Å². The zero-order valence-corrected chi connectivity index (χ0v) is 12.2. The second kappa shape index (κ2) is 5.77. The summed E-state index contributed by atoms with van der Waals surface area (Å²) in [4.78, 5) is 24.8. The molecule has 1 heterocycles. The number of carboxylic acids is 1. The summed E-state index contributed by atoms with van der Waals surface area (Å²) in [6.45, 7) is 8.66. The van der Waals surface area contributed by atoms with Crippen LogP contribution in [0.1, 0.15) is 40.5 Å². The molecule has 1 unspecified atom stereocenters. The zero-order valence-electron chi connectivity index (χ0n) is 12.2. The standard InChI is InChI=1S/C13H24N2O4/c1-5-19-12(2,3)9-14-11(18)15-8-6-7-13(15,4)10(16)17/h5-9H2,1-4H3,(H,14,18)(H,16,17). The largest absolute Gasteiger partial charge is 0.480 e. The minimum atomic E-state index is -1.10. The van der Waals surface area contributed by atoms with E-state index in [4.69, 9.17) is 4.74 Å². The lowest BCUT2D eigenvalue weighted by atomic mass is 10.00. The van der Waals surface area contributed by atoms with Crippen LogP contribution >= 0.6 is 0 Å². The summed E-state index contributed by atoms with van der Waals surface area (Å²) in [5.74, 6) is -0.954. The van der Waals surface area contributed by atoms with Crippen molar-refractivity contribution >= 4 is 12.0 Å². The molecule has 19 heavy (non-hydrogen) atoms. The molecule has 0 aromatic carbocycles. The number of amides is 2. The second-order valence-corrected chi connectivity index (χ2v) is 5.69. The molecule has 1 rings (SSSR count). The number of hydrogen-bond donors (Lipinski definition) is 2. The third-order valence-corrected chi connectivity index (χ3v) is 3.55. The summed E-state index contributed by atoms with van der Waals surface area (Å²) in [6.07, 6.45) is 1.20. The molecule has 2 N–H and O–H groups in total. The smallest absolute Gasteiger partial charge is 0.329 e. The van der Waals surface area contributed by atoms with Gasteiger partial charge in [-0.25, -0.2) is 9.59 Å². The molecule has 2 amide bonds.